The van der Waals surface area contributed by atoms with E-state index >= 15 is 0 Å². The second kappa shape index (κ2) is 6.30. The molecule has 118 valence electrons. The summed E-state index contributed by atoms with van der Waals surface area (Å²) < 4.78 is 0. The normalized spacial score (nSPS) is 10.5. The van der Waals surface area contributed by atoms with Gasteiger partial charge in [0.2, 0.25) is 0 Å². The Kier molecular flexibility index (Phi) is 4.65. The minimum atomic E-state index is 1.22. The van der Waals surface area contributed by atoms with Crippen molar-refractivity contribution in [2.45, 2.75) is 13.8 Å². The van der Waals surface area contributed by atoms with Crippen molar-refractivity contribution in [1.82, 2.24) is 0 Å². The molecule has 0 saturated carbocycles. The highest BCUT2D eigenvalue weighted by atomic mass is 15.2. The molecule has 0 N–H and O–H groups in total. The number of hydrogen-bond donors (Lipinski definition) is 0. The summed E-state index contributed by atoms with van der Waals surface area (Å²) in [7, 11) is 10.5. The number of benzene rings is 2. The van der Waals surface area contributed by atoms with Crippen LogP contribution < -0.4 is 14.7 Å². The van der Waals surface area contributed by atoms with Gasteiger partial charge in [-0.25, -0.2) is 0 Å². The van der Waals surface area contributed by atoms with Gasteiger partial charge in [-0.2, -0.15) is 0 Å². The molecule has 0 saturated heterocycles. The van der Waals surface area contributed by atoms with Crippen molar-refractivity contribution in [3.63, 3.8) is 0 Å². The maximum Gasteiger partial charge on any atom is 0.0648 e. The zero-order chi connectivity index (χ0) is 16.4. The van der Waals surface area contributed by atoms with Gasteiger partial charge in [0.1, 0.15) is 0 Å². The van der Waals surface area contributed by atoms with Gasteiger partial charge in [-0.05, 0) is 49.2 Å². The molecule has 0 bridgehead atoms. The lowest BCUT2D eigenvalue weighted by Crippen LogP contribution is -2.20. The van der Waals surface area contributed by atoms with Gasteiger partial charge >= 0.3 is 0 Å². The topological polar surface area (TPSA) is 9.72 Å². The average Bonchev–Trinajstić information content (AvgIpc) is 2.45. The summed E-state index contributed by atoms with van der Waals surface area (Å²) in [4.78, 5) is 6.61. The summed E-state index contributed by atoms with van der Waals surface area (Å²) in [5.74, 6) is 0. The molecule has 22 heavy (non-hydrogen) atoms. The lowest BCUT2D eigenvalue weighted by Gasteiger charge is -2.30. The Morgan fingerprint density at radius 2 is 0.909 bits per heavy atom. The molecule has 3 nitrogen and oxygen atoms in total. The zero-order valence-corrected chi connectivity index (χ0v) is 14.8. The van der Waals surface area contributed by atoms with E-state index in [0.717, 1.165) is 0 Å². The monoisotopic (exact) mass is 297 g/mol. The summed E-state index contributed by atoms with van der Waals surface area (Å²) in [5.41, 5.74) is 7.43. The SMILES string of the molecule is Cc1ccc(N(C)C)c(N(C)c2cc(C)ccc2N(C)C)c1. The fourth-order valence-electron chi connectivity index (χ4n) is 2.69. The van der Waals surface area contributed by atoms with E-state index in [2.05, 4.69) is 100 Å². The van der Waals surface area contributed by atoms with Gasteiger partial charge < -0.3 is 14.7 Å². The van der Waals surface area contributed by atoms with Gasteiger partial charge in [0.05, 0.1) is 22.7 Å². The molecule has 3 heteroatoms. The van der Waals surface area contributed by atoms with Crippen LogP contribution in [0.1, 0.15) is 11.1 Å². The van der Waals surface area contributed by atoms with Crippen molar-refractivity contribution in [3.05, 3.63) is 47.5 Å². The Hall–Kier alpha value is -2.16. The Balaban J connectivity index is 2.59. The van der Waals surface area contributed by atoms with Gasteiger partial charge in [-0.1, -0.05) is 12.1 Å². The molecule has 0 aliphatic heterocycles. The van der Waals surface area contributed by atoms with Crippen LogP contribution >= 0.6 is 0 Å². The number of nitrogens with zero attached hydrogens (tertiary/aromatic N) is 3. The lowest BCUT2D eigenvalue weighted by atomic mass is 10.1. The molecule has 0 spiro atoms. The number of rotatable bonds is 4. The van der Waals surface area contributed by atoms with E-state index in [9.17, 15) is 0 Å². The molecule has 0 amide bonds. The molecule has 0 radical (unpaired) electrons. The maximum absolute atomic E-state index is 2.28. The molecule has 0 aliphatic carbocycles. The van der Waals surface area contributed by atoms with Gasteiger partial charge in [0.15, 0.2) is 0 Å². The first-order chi connectivity index (χ1) is 10.3. The third kappa shape index (κ3) is 3.19. The predicted octanol–water partition coefficient (Wildman–Crippen LogP) is 4.20. The third-order valence-electron chi connectivity index (χ3n) is 3.95. The third-order valence-corrected chi connectivity index (χ3v) is 3.95. The van der Waals surface area contributed by atoms with Gasteiger partial charge in [0.25, 0.3) is 0 Å². The molecule has 2 aromatic rings. The predicted molar refractivity (Wildman–Crippen MR) is 99.1 cm³/mol. The Bertz CT molecular complexity index is 602. The molecule has 0 heterocycles. The standard InChI is InChI=1S/C19H27N3/c1-14-8-10-16(20(3)4)18(12-14)22(7)19-13-15(2)9-11-17(19)21(5)6/h8-13H,1-7H3. The van der Waals surface area contributed by atoms with Crippen LogP contribution in [0.3, 0.4) is 0 Å². The molecule has 2 aromatic carbocycles. The van der Waals surface area contributed by atoms with Gasteiger partial charge in [-0.3, -0.25) is 0 Å². The van der Waals surface area contributed by atoms with Crippen molar-refractivity contribution in [3.8, 4) is 0 Å². The fraction of sp³-hybridized carbons (Fsp3) is 0.368. The lowest BCUT2D eigenvalue weighted by molar-refractivity contribution is 1.08. The van der Waals surface area contributed by atoms with Crippen molar-refractivity contribution in [2.75, 3.05) is 49.9 Å². The Morgan fingerprint density at radius 3 is 1.23 bits per heavy atom. The van der Waals surface area contributed by atoms with Gasteiger partial charge in [-0.15, -0.1) is 0 Å². The minimum absolute atomic E-state index is 1.22. The van der Waals surface area contributed by atoms with Crippen LogP contribution in [0.2, 0.25) is 0 Å². The number of hydrogen-bond acceptors (Lipinski definition) is 3. The largest absolute Gasteiger partial charge is 0.376 e. The van der Waals surface area contributed by atoms with E-state index in [4.69, 9.17) is 0 Å². The Labute approximate surface area is 134 Å². The first-order valence-electron chi connectivity index (χ1n) is 7.61. The molecule has 0 aliphatic rings. The highest BCUT2D eigenvalue weighted by Gasteiger charge is 2.15. The summed E-state index contributed by atoms with van der Waals surface area (Å²) in [5, 5.41) is 0. The van der Waals surface area contributed by atoms with Crippen LogP contribution in [0.4, 0.5) is 22.7 Å². The van der Waals surface area contributed by atoms with Crippen LogP contribution in [0.25, 0.3) is 0 Å². The van der Waals surface area contributed by atoms with Crippen LogP contribution in [-0.2, 0) is 0 Å². The molecule has 2 rings (SSSR count). The van der Waals surface area contributed by atoms with E-state index in [0.29, 0.717) is 0 Å². The highest BCUT2D eigenvalue weighted by molar-refractivity contribution is 5.83. The summed E-state index contributed by atoms with van der Waals surface area (Å²) in [6.45, 7) is 4.28. The first-order valence-corrected chi connectivity index (χ1v) is 7.61. The van der Waals surface area contributed by atoms with E-state index in [1.807, 2.05) is 0 Å². The van der Waals surface area contributed by atoms with Crippen molar-refractivity contribution >= 4 is 22.7 Å². The smallest absolute Gasteiger partial charge is 0.0648 e. The molecule has 0 aromatic heterocycles. The second-order valence-electron chi connectivity index (χ2n) is 6.33. The minimum Gasteiger partial charge on any atom is -0.376 e. The van der Waals surface area contributed by atoms with E-state index < -0.39 is 0 Å². The zero-order valence-electron chi connectivity index (χ0n) is 14.8. The van der Waals surface area contributed by atoms with Crippen molar-refractivity contribution < 1.29 is 0 Å². The van der Waals surface area contributed by atoms with Crippen molar-refractivity contribution in [2.24, 2.45) is 0 Å². The average molecular weight is 297 g/mol. The molecule has 0 unspecified atom stereocenters. The maximum atomic E-state index is 2.28. The Morgan fingerprint density at radius 1 is 0.545 bits per heavy atom. The summed E-state index contributed by atoms with van der Waals surface area (Å²) >= 11 is 0. The number of anilines is 4. The molecule has 0 atom stereocenters. The molecule has 0 fully saturated rings. The van der Waals surface area contributed by atoms with Crippen molar-refractivity contribution in [1.29, 1.82) is 0 Å². The van der Waals surface area contributed by atoms with Crippen LogP contribution in [0.5, 0.6) is 0 Å². The second-order valence-corrected chi connectivity index (χ2v) is 6.33. The van der Waals surface area contributed by atoms with Crippen LogP contribution in [0, 0.1) is 13.8 Å². The van der Waals surface area contributed by atoms with E-state index in [-0.39, 0.29) is 0 Å². The van der Waals surface area contributed by atoms with Crippen LogP contribution in [0.15, 0.2) is 36.4 Å². The summed E-state index contributed by atoms with van der Waals surface area (Å²) in [6, 6.07) is 13.2. The fourth-order valence-corrected chi connectivity index (χ4v) is 2.69. The number of aryl methyl sites for hydroxylation is 2. The molecular formula is C19H27N3. The summed E-state index contributed by atoms with van der Waals surface area (Å²) in [6.07, 6.45) is 0. The van der Waals surface area contributed by atoms with Gasteiger partial charge in [0, 0.05) is 35.2 Å². The highest BCUT2D eigenvalue weighted by Crippen LogP contribution is 2.38. The quantitative estimate of drug-likeness (QED) is 0.837. The van der Waals surface area contributed by atoms with E-state index in [1.165, 1.54) is 33.9 Å². The molecular weight excluding hydrogens is 270 g/mol. The first kappa shape index (κ1) is 16.2. The van der Waals surface area contributed by atoms with Crippen LogP contribution in [-0.4, -0.2) is 35.2 Å². The van der Waals surface area contributed by atoms with E-state index in [1.54, 1.807) is 0 Å².